The van der Waals surface area contributed by atoms with Crippen molar-refractivity contribution in [2.24, 2.45) is 23.5 Å². The number of imidazole rings is 1. The number of hydrogen-bond donors (Lipinski definition) is 13. The number of aromatic amines is 1. The van der Waals surface area contributed by atoms with E-state index in [0.717, 1.165) is 4.90 Å². The summed E-state index contributed by atoms with van der Waals surface area (Å²) in [6.45, 7) is 9.38. The van der Waals surface area contributed by atoms with Crippen LogP contribution in [0.5, 0.6) is 5.75 Å². The van der Waals surface area contributed by atoms with Gasteiger partial charge >= 0.3 is 17.9 Å². The minimum Gasteiger partial charge on any atom is -0.508 e. The lowest BCUT2D eigenvalue weighted by Crippen LogP contribution is -2.60. The smallest absolute Gasteiger partial charge is 0.326 e. The van der Waals surface area contributed by atoms with Gasteiger partial charge in [0.2, 0.25) is 47.3 Å². The van der Waals surface area contributed by atoms with E-state index in [0.29, 0.717) is 17.7 Å². The maximum absolute atomic E-state index is 14.0. The first kappa shape index (κ1) is 60.7. The summed E-state index contributed by atoms with van der Waals surface area (Å²) in [5.41, 5.74) is 6.73. The van der Waals surface area contributed by atoms with Crippen LogP contribution in [0.25, 0.3) is 0 Å². The van der Waals surface area contributed by atoms with E-state index in [1.807, 2.05) is 0 Å². The molecule has 408 valence electrons. The van der Waals surface area contributed by atoms with Gasteiger partial charge in [-0.25, -0.2) is 9.78 Å². The Morgan fingerprint density at radius 1 is 0.743 bits per heavy atom. The van der Waals surface area contributed by atoms with Crippen molar-refractivity contribution in [2.45, 2.75) is 148 Å². The molecule has 2 heterocycles. The summed E-state index contributed by atoms with van der Waals surface area (Å²) in [6, 6.07) is -5.05. The molecule has 9 atom stereocenters. The summed E-state index contributed by atoms with van der Waals surface area (Å²) in [5.74, 6) is -12.1. The molecular formula is C48H71N11O15. The predicted molar refractivity (Wildman–Crippen MR) is 262 cm³/mol. The van der Waals surface area contributed by atoms with E-state index in [-0.39, 0.29) is 56.7 Å². The molecule has 9 unspecified atom stereocenters. The first-order valence-electron chi connectivity index (χ1n) is 24.4. The van der Waals surface area contributed by atoms with E-state index in [9.17, 15) is 68.1 Å². The van der Waals surface area contributed by atoms with Crippen molar-refractivity contribution in [3.05, 3.63) is 48.0 Å². The molecule has 0 spiro atoms. The van der Waals surface area contributed by atoms with Crippen LogP contribution in [0.15, 0.2) is 36.8 Å². The summed E-state index contributed by atoms with van der Waals surface area (Å²) >= 11 is 0. The van der Waals surface area contributed by atoms with E-state index in [1.165, 1.54) is 36.8 Å². The molecule has 26 nitrogen and oxygen atoms in total. The van der Waals surface area contributed by atoms with Crippen LogP contribution in [0.2, 0.25) is 0 Å². The van der Waals surface area contributed by atoms with Gasteiger partial charge in [0.25, 0.3) is 0 Å². The van der Waals surface area contributed by atoms with Crippen molar-refractivity contribution < 1.29 is 73.2 Å². The number of amides is 8. The molecule has 14 N–H and O–H groups in total. The Kier molecular flexibility index (Phi) is 23.9. The minimum atomic E-state index is -1.70. The normalized spacial score (nSPS) is 16.5. The second-order valence-corrected chi connectivity index (χ2v) is 19.1. The highest BCUT2D eigenvalue weighted by Crippen LogP contribution is 2.21. The number of aromatic nitrogens is 2. The predicted octanol–water partition coefficient (Wildman–Crippen LogP) is -1.58. The number of likely N-dealkylation sites (tertiary alicyclic amines) is 1. The molecule has 1 aliphatic heterocycles. The van der Waals surface area contributed by atoms with Gasteiger partial charge in [-0.15, -0.1) is 0 Å². The Hall–Kier alpha value is -7.64. The third kappa shape index (κ3) is 19.4. The van der Waals surface area contributed by atoms with Crippen molar-refractivity contribution in [3.63, 3.8) is 0 Å². The van der Waals surface area contributed by atoms with Gasteiger partial charge in [0.1, 0.15) is 48.0 Å². The number of carbonyl (C=O) groups excluding carboxylic acids is 8. The van der Waals surface area contributed by atoms with Gasteiger partial charge in [0, 0.05) is 37.7 Å². The fourth-order valence-corrected chi connectivity index (χ4v) is 7.96. The fourth-order valence-electron chi connectivity index (χ4n) is 7.96. The number of benzene rings is 1. The number of nitrogens with zero attached hydrogens (tertiary/aromatic N) is 2. The molecule has 2 aromatic rings. The highest BCUT2D eigenvalue weighted by molar-refractivity contribution is 5.98. The third-order valence-electron chi connectivity index (χ3n) is 12.3. The van der Waals surface area contributed by atoms with E-state index in [4.69, 9.17) is 10.8 Å². The molecule has 26 heteroatoms. The molecule has 0 radical (unpaired) electrons. The maximum atomic E-state index is 14.0. The number of phenols is 1. The molecule has 74 heavy (non-hydrogen) atoms. The zero-order valence-corrected chi connectivity index (χ0v) is 42.3. The minimum absolute atomic E-state index is 0.0217. The van der Waals surface area contributed by atoms with Crippen LogP contribution >= 0.6 is 0 Å². The van der Waals surface area contributed by atoms with Crippen LogP contribution in [0.4, 0.5) is 0 Å². The number of hydrogen-bond acceptors (Lipinski definition) is 14. The summed E-state index contributed by atoms with van der Waals surface area (Å²) in [5, 5.41) is 55.8. The Balaban J connectivity index is 1.73. The Morgan fingerprint density at radius 2 is 1.38 bits per heavy atom. The molecule has 1 aromatic heterocycles. The largest absolute Gasteiger partial charge is 0.508 e. The summed E-state index contributed by atoms with van der Waals surface area (Å²) < 4.78 is 0. The highest BCUT2D eigenvalue weighted by atomic mass is 16.4. The number of aliphatic carboxylic acids is 3. The molecule has 1 fully saturated rings. The van der Waals surface area contributed by atoms with Gasteiger partial charge in [0.15, 0.2) is 0 Å². The Labute approximate surface area is 427 Å². The lowest BCUT2D eigenvalue weighted by molar-refractivity contribution is -0.146. The number of carboxylic acids is 3. The lowest BCUT2D eigenvalue weighted by atomic mass is 9.97. The molecule has 1 aliphatic rings. The average Bonchev–Trinajstić information content (AvgIpc) is 4.05. The standard InChI is InChI=1S/C48H71N11O15/c1-7-26(6)40(58-44(69)35-9-8-16-59(35)47(72)33(20-38(64)65)55-46(71)39(25(4)5)57-41(66)30(49)14-15-37(62)63)45(70)51-22-36(61)53-32(19-28-21-50-23-52-28)43(68)54-31(17-24(2)3)42(67)56-34(48(73)74)18-27-10-12-29(60)13-11-27/h10-13,21,23-26,30-35,39-40,60H,7-9,14-20,22,49H2,1-6H3,(H,50,52)(H,51,70)(H,53,61)(H,54,68)(H,55,71)(H,56,67)(H,57,66)(H,58,69)(H,62,63)(H,64,65)(H,73,74). The number of aromatic hydroxyl groups is 1. The number of nitrogens with two attached hydrogens (primary N) is 1. The van der Waals surface area contributed by atoms with Gasteiger partial charge in [-0.1, -0.05) is 60.1 Å². The van der Waals surface area contributed by atoms with Crippen molar-refractivity contribution in [2.75, 3.05) is 13.1 Å². The monoisotopic (exact) mass is 1040 g/mol. The van der Waals surface area contributed by atoms with Crippen molar-refractivity contribution >= 4 is 65.2 Å². The van der Waals surface area contributed by atoms with Gasteiger partial charge in [-0.2, -0.15) is 0 Å². The maximum Gasteiger partial charge on any atom is 0.326 e. The van der Waals surface area contributed by atoms with Gasteiger partial charge in [0.05, 0.1) is 25.3 Å². The van der Waals surface area contributed by atoms with Crippen molar-refractivity contribution in [1.29, 1.82) is 0 Å². The average molecular weight is 1040 g/mol. The summed E-state index contributed by atoms with van der Waals surface area (Å²) in [6.07, 6.45) is 1.73. The van der Waals surface area contributed by atoms with Crippen LogP contribution in [0.3, 0.4) is 0 Å². The van der Waals surface area contributed by atoms with Gasteiger partial charge in [-0.05, 0) is 61.1 Å². The molecule has 8 amide bonds. The first-order chi connectivity index (χ1) is 34.8. The van der Waals surface area contributed by atoms with E-state index in [2.05, 4.69) is 47.2 Å². The van der Waals surface area contributed by atoms with Crippen LogP contribution in [0.1, 0.15) is 97.7 Å². The molecular weight excluding hydrogens is 971 g/mol. The molecule has 1 aromatic carbocycles. The number of carboxylic acid groups (broad SMARTS) is 3. The van der Waals surface area contributed by atoms with Crippen LogP contribution in [-0.2, 0) is 65.6 Å². The molecule has 3 rings (SSSR count). The number of phenolic OH excluding ortho intramolecular Hbond substituents is 1. The molecule has 0 saturated carbocycles. The van der Waals surface area contributed by atoms with Crippen molar-refractivity contribution in [3.8, 4) is 5.75 Å². The van der Waals surface area contributed by atoms with Crippen LogP contribution < -0.4 is 43.0 Å². The molecule has 1 saturated heterocycles. The van der Waals surface area contributed by atoms with E-state index in [1.54, 1.807) is 41.5 Å². The molecule has 0 aliphatic carbocycles. The van der Waals surface area contributed by atoms with Gasteiger partial charge < -0.3 is 73.3 Å². The number of nitrogens with one attached hydrogen (secondary N) is 8. The van der Waals surface area contributed by atoms with E-state index >= 15 is 0 Å². The lowest BCUT2D eigenvalue weighted by Gasteiger charge is -2.31. The van der Waals surface area contributed by atoms with Crippen molar-refractivity contribution in [1.82, 2.24) is 52.1 Å². The number of carbonyl (C=O) groups is 11. The second-order valence-electron chi connectivity index (χ2n) is 19.1. The number of rotatable bonds is 30. The van der Waals surface area contributed by atoms with Crippen LogP contribution in [0, 0.1) is 17.8 Å². The van der Waals surface area contributed by atoms with E-state index < -0.39 is 145 Å². The summed E-state index contributed by atoms with van der Waals surface area (Å²) in [7, 11) is 0. The Morgan fingerprint density at radius 3 is 1.95 bits per heavy atom. The second kappa shape index (κ2) is 29.2. The van der Waals surface area contributed by atoms with Gasteiger partial charge in [-0.3, -0.25) is 47.9 Å². The third-order valence-corrected chi connectivity index (χ3v) is 12.3. The highest BCUT2D eigenvalue weighted by Gasteiger charge is 2.41. The zero-order valence-electron chi connectivity index (χ0n) is 42.3. The quantitative estimate of drug-likeness (QED) is 0.0420. The SMILES string of the molecule is CCC(C)C(NC(=O)C1CCCN1C(=O)C(CC(=O)O)NC(=O)C(NC(=O)C(N)CCC(=O)O)C(C)C)C(=O)NCC(=O)NC(Cc1cnc[nH]1)C(=O)NC(CC(C)C)C(=O)NC(Cc1ccc(O)cc1)C(=O)O. The number of H-pyrrole nitrogens is 1. The molecule has 0 bridgehead atoms. The first-order valence-corrected chi connectivity index (χ1v) is 24.4. The zero-order chi connectivity index (χ0) is 55.4. The van der Waals surface area contributed by atoms with Crippen LogP contribution in [-0.4, -0.2) is 162 Å². The Bertz CT molecular complexity index is 2290. The summed E-state index contributed by atoms with van der Waals surface area (Å²) in [4.78, 5) is 152. The fraction of sp³-hybridized carbons (Fsp3) is 0.583. The topological polar surface area (TPSA) is 411 Å².